The van der Waals surface area contributed by atoms with Crippen molar-refractivity contribution in [1.29, 1.82) is 0 Å². The zero-order chi connectivity index (χ0) is 30.3. The molecule has 1 unspecified atom stereocenters. The number of hydrogen-bond acceptors (Lipinski definition) is 10. The summed E-state index contributed by atoms with van der Waals surface area (Å²) in [5.41, 5.74) is 2.48. The van der Waals surface area contributed by atoms with E-state index in [1.165, 1.54) is 30.2 Å². The molecular formula is C29H34N4O8. The van der Waals surface area contributed by atoms with Gasteiger partial charge >= 0.3 is 18.0 Å². The van der Waals surface area contributed by atoms with Crippen molar-refractivity contribution in [3.05, 3.63) is 92.3 Å². The molecule has 0 saturated heterocycles. The smallest absolute Gasteiger partial charge is 0.414 e. The molecule has 0 fully saturated rings. The molecule has 2 aromatic rings. The number of non-ortho nitro benzene ring substituents is 1. The minimum absolute atomic E-state index is 0.0581. The Kier molecular flexibility index (Phi) is 10.2. The zero-order valence-electron chi connectivity index (χ0n) is 23.9. The van der Waals surface area contributed by atoms with Gasteiger partial charge in [0, 0.05) is 50.7 Å². The lowest BCUT2D eigenvalue weighted by atomic mass is 9.80. The number of hydrogen-bond donors (Lipinski definition) is 1. The highest BCUT2D eigenvalue weighted by Crippen LogP contribution is 2.40. The number of nitrogens with zero attached hydrogens (tertiary/aromatic N) is 3. The van der Waals surface area contributed by atoms with Crippen molar-refractivity contribution < 1.29 is 33.5 Å². The van der Waals surface area contributed by atoms with E-state index in [9.17, 15) is 24.5 Å². The van der Waals surface area contributed by atoms with Crippen molar-refractivity contribution in [3.8, 4) is 5.75 Å². The van der Waals surface area contributed by atoms with Gasteiger partial charge in [0.25, 0.3) is 5.69 Å². The molecule has 0 aromatic heterocycles. The number of esters is 2. The van der Waals surface area contributed by atoms with Crippen LogP contribution >= 0.6 is 0 Å². The Balaban J connectivity index is 1.71. The molecule has 3 rings (SSSR count). The van der Waals surface area contributed by atoms with Crippen LogP contribution in [-0.4, -0.2) is 74.2 Å². The number of carbonyl (C=O) groups excluding carboxylic acids is 3. The van der Waals surface area contributed by atoms with Gasteiger partial charge in [-0.15, -0.1) is 0 Å². The molecule has 218 valence electrons. The number of ether oxygens (including phenoxy) is 3. The quantitative estimate of drug-likeness (QED) is 0.257. The van der Waals surface area contributed by atoms with Crippen molar-refractivity contribution in [2.45, 2.75) is 26.3 Å². The van der Waals surface area contributed by atoms with Crippen LogP contribution < -0.4 is 10.1 Å². The number of dihydropyridines is 1. The van der Waals surface area contributed by atoms with Crippen LogP contribution in [0.1, 0.15) is 30.9 Å². The van der Waals surface area contributed by atoms with Crippen molar-refractivity contribution in [1.82, 2.24) is 15.1 Å². The van der Waals surface area contributed by atoms with E-state index in [1.54, 1.807) is 46.1 Å². The van der Waals surface area contributed by atoms with E-state index in [0.29, 0.717) is 35.8 Å². The lowest BCUT2D eigenvalue weighted by Crippen LogP contribution is -2.33. The summed E-state index contributed by atoms with van der Waals surface area (Å²) >= 11 is 0. The van der Waals surface area contributed by atoms with E-state index in [-0.39, 0.29) is 23.4 Å². The number of likely N-dealkylation sites (N-methyl/N-ethyl adjacent to an activating group) is 1. The molecule has 2 aromatic carbocycles. The molecule has 12 heteroatoms. The van der Waals surface area contributed by atoms with Crippen LogP contribution in [0.3, 0.4) is 0 Å². The topological polar surface area (TPSA) is 141 Å². The summed E-state index contributed by atoms with van der Waals surface area (Å²) in [6, 6.07) is 12.9. The molecule has 0 aliphatic carbocycles. The first-order valence-electron chi connectivity index (χ1n) is 12.8. The number of nitro benzene ring substituents is 1. The average Bonchev–Trinajstić information content (AvgIpc) is 2.93. The highest BCUT2D eigenvalue weighted by atomic mass is 16.6. The number of rotatable bonds is 10. The second-order valence-electron chi connectivity index (χ2n) is 9.76. The molecule has 1 amide bonds. The number of benzene rings is 2. The van der Waals surface area contributed by atoms with Gasteiger partial charge in [-0.2, -0.15) is 0 Å². The normalized spacial score (nSPS) is 14.9. The van der Waals surface area contributed by atoms with E-state index in [1.807, 2.05) is 24.1 Å². The summed E-state index contributed by atoms with van der Waals surface area (Å²) in [6.45, 7) is 4.37. The molecule has 1 heterocycles. The molecule has 0 saturated carbocycles. The monoisotopic (exact) mass is 566 g/mol. The van der Waals surface area contributed by atoms with Crippen LogP contribution in [0.5, 0.6) is 5.75 Å². The third-order valence-corrected chi connectivity index (χ3v) is 6.45. The number of methoxy groups -OCH3 is 1. The lowest BCUT2D eigenvalue weighted by molar-refractivity contribution is -0.384. The highest BCUT2D eigenvalue weighted by Gasteiger charge is 2.38. The molecule has 0 radical (unpaired) electrons. The van der Waals surface area contributed by atoms with Crippen molar-refractivity contribution in [2.24, 2.45) is 0 Å². The molecule has 41 heavy (non-hydrogen) atoms. The van der Waals surface area contributed by atoms with E-state index in [2.05, 4.69) is 5.32 Å². The van der Waals surface area contributed by atoms with Crippen LogP contribution in [0.2, 0.25) is 0 Å². The van der Waals surface area contributed by atoms with Gasteiger partial charge in [0.2, 0.25) is 0 Å². The van der Waals surface area contributed by atoms with Gasteiger partial charge < -0.3 is 24.4 Å². The van der Waals surface area contributed by atoms with Crippen molar-refractivity contribution in [3.63, 3.8) is 0 Å². The first-order chi connectivity index (χ1) is 19.4. The lowest BCUT2D eigenvalue weighted by Gasteiger charge is -2.30. The van der Waals surface area contributed by atoms with Crippen molar-refractivity contribution in [2.75, 3.05) is 41.4 Å². The molecule has 1 N–H and O–H groups in total. The van der Waals surface area contributed by atoms with Crippen LogP contribution in [0.25, 0.3) is 0 Å². The maximum atomic E-state index is 13.4. The van der Waals surface area contributed by atoms with Gasteiger partial charge in [-0.3, -0.25) is 15.0 Å². The molecule has 12 nitrogen and oxygen atoms in total. The summed E-state index contributed by atoms with van der Waals surface area (Å²) in [6.07, 6.45) is -0.465. The first-order valence-corrected chi connectivity index (χ1v) is 12.8. The number of carbonyl (C=O) groups is 3. The minimum atomic E-state index is -0.922. The Hall–Kier alpha value is -4.71. The van der Waals surface area contributed by atoms with Gasteiger partial charge in [0.1, 0.15) is 12.4 Å². The average molecular weight is 567 g/mol. The van der Waals surface area contributed by atoms with Crippen molar-refractivity contribution >= 4 is 23.7 Å². The molecule has 1 aliphatic rings. The predicted octanol–water partition coefficient (Wildman–Crippen LogP) is 3.74. The van der Waals surface area contributed by atoms with E-state index in [4.69, 9.17) is 14.2 Å². The maximum Gasteiger partial charge on any atom is 0.414 e. The fourth-order valence-corrected chi connectivity index (χ4v) is 4.41. The van der Waals surface area contributed by atoms with E-state index >= 15 is 0 Å². The molecule has 0 spiro atoms. The second kappa shape index (κ2) is 13.6. The maximum absolute atomic E-state index is 13.4. The summed E-state index contributed by atoms with van der Waals surface area (Å²) < 4.78 is 15.8. The number of nitro groups is 1. The van der Waals surface area contributed by atoms with Crippen LogP contribution in [0, 0.1) is 10.1 Å². The molecular weight excluding hydrogens is 532 g/mol. The standard InChI is InChI=1S/C29H34N4O8/c1-18-24(27(34)39-6)26(21-8-7-9-22(16-21)33(37)38)25(19(2)30-18)28(35)40-15-14-32(5)17-20-10-12-23(13-11-20)41-29(36)31(3)4/h7-13,16,26,30H,14-15,17H2,1-6H3. The summed E-state index contributed by atoms with van der Waals surface area (Å²) in [7, 11) is 6.31. The van der Waals surface area contributed by atoms with Gasteiger partial charge in [0.15, 0.2) is 0 Å². The Morgan fingerprint density at radius 3 is 2.20 bits per heavy atom. The Morgan fingerprint density at radius 1 is 0.976 bits per heavy atom. The molecule has 1 atom stereocenters. The SMILES string of the molecule is COC(=O)C1=C(C)NC(C)=C(C(=O)OCCN(C)Cc2ccc(OC(=O)N(C)C)cc2)C1c1cccc([N+](=O)[O-])c1. The first kappa shape index (κ1) is 30.8. The van der Waals surface area contributed by atoms with Gasteiger partial charge in [-0.1, -0.05) is 24.3 Å². The predicted molar refractivity (Wildman–Crippen MR) is 150 cm³/mol. The second-order valence-corrected chi connectivity index (χ2v) is 9.76. The van der Waals surface area contributed by atoms with Crippen LogP contribution in [0.4, 0.5) is 10.5 Å². The Labute approximate surface area is 238 Å². The summed E-state index contributed by atoms with van der Waals surface area (Å²) in [4.78, 5) is 52.1. The summed E-state index contributed by atoms with van der Waals surface area (Å²) in [5, 5.41) is 14.5. The molecule has 1 aliphatic heterocycles. The summed E-state index contributed by atoms with van der Waals surface area (Å²) in [5.74, 6) is -1.80. The number of nitrogens with one attached hydrogen (secondary N) is 1. The Morgan fingerprint density at radius 2 is 1.61 bits per heavy atom. The van der Waals surface area contributed by atoms with Gasteiger partial charge in [-0.25, -0.2) is 14.4 Å². The third kappa shape index (κ3) is 7.70. The number of allylic oxidation sites excluding steroid dienone is 2. The van der Waals surface area contributed by atoms with E-state index in [0.717, 1.165) is 5.56 Å². The van der Waals surface area contributed by atoms with Crippen LogP contribution in [-0.2, 0) is 25.6 Å². The molecule has 0 bridgehead atoms. The van der Waals surface area contributed by atoms with Gasteiger partial charge in [0.05, 0.1) is 29.1 Å². The largest absolute Gasteiger partial charge is 0.466 e. The number of amides is 1. The fourth-order valence-electron chi connectivity index (χ4n) is 4.41. The van der Waals surface area contributed by atoms with Crippen LogP contribution in [0.15, 0.2) is 71.1 Å². The van der Waals surface area contributed by atoms with E-state index < -0.39 is 28.9 Å². The highest BCUT2D eigenvalue weighted by molar-refractivity contribution is 5.99. The van der Waals surface area contributed by atoms with Gasteiger partial charge in [-0.05, 0) is 44.2 Å². The zero-order valence-corrected chi connectivity index (χ0v) is 23.9. The fraction of sp³-hybridized carbons (Fsp3) is 0.345. The minimum Gasteiger partial charge on any atom is -0.466 e. The Bertz CT molecular complexity index is 1380. The third-order valence-electron chi connectivity index (χ3n) is 6.45.